The third-order valence-corrected chi connectivity index (χ3v) is 5.32. The fourth-order valence-electron chi connectivity index (χ4n) is 3.14. The average Bonchev–Trinajstić information content (AvgIpc) is 3.45. The van der Waals surface area contributed by atoms with Gasteiger partial charge in [0.1, 0.15) is 18.2 Å². The van der Waals surface area contributed by atoms with Gasteiger partial charge in [-0.3, -0.25) is 4.79 Å². The van der Waals surface area contributed by atoms with Crippen LogP contribution in [0.15, 0.2) is 53.5 Å². The van der Waals surface area contributed by atoms with Gasteiger partial charge >= 0.3 is 0 Å². The van der Waals surface area contributed by atoms with E-state index in [0.29, 0.717) is 24.5 Å². The molecule has 4 rings (SSSR count). The first-order valence-electron chi connectivity index (χ1n) is 9.36. The molecule has 7 heteroatoms. The van der Waals surface area contributed by atoms with Crippen molar-refractivity contribution in [1.82, 2.24) is 15.3 Å². The second-order valence-corrected chi connectivity index (χ2v) is 7.41. The monoisotopic (exact) mass is 394 g/mol. The van der Waals surface area contributed by atoms with Crippen molar-refractivity contribution in [2.75, 3.05) is 18.0 Å². The summed E-state index contributed by atoms with van der Waals surface area (Å²) in [7, 11) is 0. The molecule has 3 aromatic rings. The number of nitrogens with zero attached hydrogens (tertiary/aromatic N) is 3. The number of thiazole rings is 1. The van der Waals surface area contributed by atoms with Gasteiger partial charge in [0, 0.05) is 36.8 Å². The van der Waals surface area contributed by atoms with Gasteiger partial charge in [-0.2, -0.15) is 0 Å². The van der Waals surface area contributed by atoms with Gasteiger partial charge in [-0.15, -0.1) is 11.3 Å². The maximum atomic E-state index is 12.4. The van der Waals surface area contributed by atoms with Gasteiger partial charge in [0.25, 0.3) is 5.91 Å². The molecule has 1 aliphatic rings. The van der Waals surface area contributed by atoms with Crippen molar-refractivity contribution >= 4 is 23.1 Å². The maximum absolute atomic E-state index is 12.4. The Morgan fingerprint density at radius 2 is 1.96 bits per heavy atom. The lowest BCUT2D eigenvalue weighted by molar-refractivity contribution is 0.0951. The van der Waals surface area contributed by atoms with Crippen molar-refractivity contribution in [3.8, 4) is 5.75 Å². The van der Waals surface area contributed by atoms with Crippen LogP contribution in [0.5, 0.6) is 5.75 Å². The van der Waals surface area contributed by atoms with E-state index >= 15 is 0 Å². The van der Waals surface area contributed by atoms with E-state index in [1.54, 1.807) is 41.1 Å². The number of anilines is 1. The van der Waals surface area contributed by atoms with Crippen molar-refractivity contribution in [1.29, 1.82) is 0 Å². The van der Waals surface area contributed by atoms with E-state index in [1.165, 1.54) is 12.8 Å². The minimum atomic E-state index is -0.106. The zero-order valence-electron chi connectivity index (χ0n) is 15.5. The lowest BCUT2D eigenvalue weighted by Gasteiger charge is -2.17. The number of carbonyl (C=O) groups is 1. The minimum absolute atomic E-state index is 0.106. The zero-order valence-corrected chi connectivity index (χ0v) is 16.3. The summed E-state index contributed by atoms with van der Waals surface area (Å²) in [5.41, 5.74) is 4.34. The number of aromatic nitrogens is 2. The van der Waals surface area contributed by atoms with Crippen LogP contribution >= 0.6 is 11.3 Å². The molecule has 28 heavy (non-hydrogen) atoms. The summed E-state index contributed by atoms with van der Waals surface area (Å²) in [4.78, 5) is 23.3. The zero-order chi connectivity index (χ0) is 19.2. The van der Waals surface area contributed by atoms with Gasteiger partial charge < -0.3 is 15.0 Å². The van der Waals surface area contributed by atoms with Gasteiger partial charge in [0.2, 0.25) is 0 Å². The van der Waals surface area contributed by atoms with Crippen LogP contribution in [0.2, 0.25) is 0 Å². The number of hydrogen-bond donors (Lipinski definition) is 1. The Morgan fingerprint density at radius 1 is 1.14 bits per heavy atom. The van der Waals surface area contributed by atoms with E-state index in [9.17, 15) is 4.79 Å². The molecule has 0 atom stereocenters. The lowest BCUT2D eigenvalue weighted by atomic mass is 10.2. The molecule has 144 valence electrons. The minimum Gasteiger partial charge on any atom is -0.487 e. The Kier molecular flexibility index (Phi) is 5.82. The quantitative estimate of drug-likeness (QED) is 0.663. The summed E-state index contributed by atoms with van der Waals surface area (Å²) in [6.07, 6.45) is 4.24. The van der Waals surface area contributed by atoms with Crippen LogP contribution < -0.4 is 15.0 Å². The number of nitrogens with one attached hydrogen (secondary N) is 1. The van der Waals surface area contributed by atoms with Crippen LogP contribution in [0.3, 0.4) is 0 Å². The maximum Gasteiger partial charge on any atom is 0.251 e. The third kappa shape index (κ3) is 4.67. The highest BCUT2D eigenvalue weighted by Crippen LogP contribution is 2.19. The molecule has 0 spiro atoms. The largest absolute Gasteiger partial charge is 0.487 e. The summed E-state index contributed by atoms with van der Waals surface area (Å²) in [5.74, 6) is 1.60. The van der Waals surface area contributed by atoms with Gasteiger partial charge in [-0.1, -0.05) is 0 Å². The first kappa shape index (κ1) is 18.4. The molecule has 0 radical (unpaired) electrons. The van der Waals surface area contributed by atoms with Crippen LogP contribution in [0.1, 0.15) is 34.5 Å². The molecular weight excluding hydrogens is 372 g/mol. The molecule has 6 nitrogen and oxygen atoms in total. The summed E-state index contributed by atoms with van der Waals surface area (Å²) >= 11 is 1.54. The first-order valence-corrected chi connectivity index (χ1v) is 10.3. The Hall–Kier alpha value is -2.93. The Morgan fingerprint density at radius 3 is 2.71 bits per heavy atom. The molecule has 0 bridgehead atoms. The lowest BCUT2D eigenvalue weighted by Crippen LogP contribution is -2.23. The molecule has 1 amide bonds. The molecule has 1 saturated heterocycles. The van der Waals surface area contributed by atoms with E-state index in [-0.39, 0.29) is 5.91 Å². The molecule has 2 aromatic heterocycles. The van der Waals surface area contributed by atoms with E-state index in [1.807, 2.05) is 17.6 Å². The molecule has 1 aliphatic heterocycles. The van der Waals surface area contributed by atoms with Crippen molar-refractivity contribution in [3.63, 3.8) is 0 Å². The molecule has 1 fully saturated rings. The van der Waals surface area contributed by atoms with E-state index in [4.69, 9.17) is 4.74 Å². The van der Waals surface area contributed by atoms with Crippen molar-refractivity contribution in [3.05, 3.63) is 70.3 Å². The Labute approximate surface area is 168 Å². The molecule has 0 saturated carbocycles. The SMILES string of the molecule is O=C(NCc1ccnc(N2CCCC2)c1)c1ccc(OCc2cscn2)cc1. The number of ether oxygens (including phenoxy) is 1. The van der Waals surface area contributed by atoms with Crippen LogP contribution in [-0.4, -0.2) is 29.0 Å². The summed E-state index contributed by atoms with van der Waals surface area (Å²) in [6, 6.07) is 11.1. The van der Waals surface area contributed by atoms with Gasteiger partial charge in [0.15, 0.2) is 0 Å². The summed E-state index contributed by atoms with van der Waals surface area (Å²) in [6.45, 7) is 3.01. The van der Waals surface area contributed by atoms with Crippen LogP contribution in [0.25, 0.3) is 0 Å². The highest BCUT2D eigenvalue weighted by atomic mass is 32.1. The fraction of sp³-hybridized carbons (Fsp3) is 0.286. The standard InChI is InChI=1S/C21H22N4O2S/c26-21(17-3-5-19(6-4-17)27-13-18-14-28-15-24-18)23-12-16-7-8-22-20(11-16)25-9-1-2-10-25/h3-8,11,14-15H,1-2,9-10,12-13H2,(H,23,26). The van der Waals surface area contributed by atoms with E-state index in [0.717, 1.165) is 30.2 Å². The topological polar surface area (TPSA) is 67.4 Å². The fourth-order valence-corrected chi connectivity index (χ4v) is 3.69. The van der Waals surface area contributed by atoms with E-state index in [2.05, 4.69) is 26.3 Å². The van der Waals surface area contributed by atoms with Gasteiger partial charge in [-0.25, -0.2) is 9.97 Å². The number of carbonyl (C=O) groups excluding carboxylic acids is 1. The average molecular weight is 395 g/mol. The smallest absolute Gasteiger partial charge is 0.251 e. The number of amides is 1. The van der Waals surface area contributed by atoms with E-state index < -0.39 is 0 Å². The van der Waals surface area contributed by atoms with Crippen LogP contribution in [0.4, 0.5) is 5.82 Å². The first-order chi connectivity index (χ1) is 13.8. The van der Waals surface area contributed by atoms with Crippen molar-refractivity contribution in [2.24, 2.45) is 0 Å². The molecule has 3 heterocycles. The second kappa shape index (κ2) is 8.84. The number of benzene rings is 1. The molecule has 0 unspecified atom stereocenters. The number of rotatable bonds is 7. The van der Waals surface area contributed by atoms with Crippen molar-refractivity contribution < 1.29 is 9.53 Å². The number of pyridine rings is 1. The van der Waals surface area contributed by atoms with Crippen molar-refractivity contribution in [2.45, 2.75) is 26.0 Å². The summed E-state index contributed by atoms with van der Waals surface area (Å²) < 4.78 is 5.68. The highest BCUT2D eigenvalue weighted by molar-refractivity contribution is 7.07. The predicted molar refractivity (Wildman–Crippen MR) is 110 cm³/mol. The predicted octanol–water partition coefficient (Wildman–Crippen LogP) is 3.65. The molecule has 1 aromatic carbocycles. The van der Waals surface area contributed by atoms with Gasteiger partial charge in [-0.05, 0) is 54.8 Å². The molecular formula is C21H22N4O2S. The number of hydrogen-bond acceptors (Lipinski definition) is 6. The normalized spacial score (nSPS) is 13.5. The molecule has 1 N–H and O–H groups in total. The second-order valence-electron chi connectivity index (χ2n) is 6.69. The van der Waals surface area contributed by atoms with Crippen LogP contribution in [-0.2, 0) is 13.2 Å². The highest BCUT2D eigenvalue weighted by Gasteiger charge is 2.14. The van der Waals surface area contributed by atoms with Gasteiger partial charge in [0.05, 0.1) is 11.2 Å². The Balaban J connectivity index is 1.30. The Bertz CT molecular complexity index is 906. The van der Waals surface area contributed by atoms with Crippen LogP contribution in [0, 0.1) is 0 Å². The third-order valence-electron chi connectivity index (χ3n) is 4.68. The summed E-state index contributed by atoms with van der Waals surface area (Å²) in [5, 5.41) is 4.93. The molecule has 0 aliphatic carbocycles.